The van der Waals surface area contributed by atoms with Crippen molar-refractivity contribution in [2.24, 2.45) is 0 Å². The number of hydrogen-bond donors (Lipinski definition) is 1. The molecule has 5 nitrogen and oxygen atoms in total. The molecule has 0 unspecified atom stereocenters. The molecule has 0 spiro atoms. The van der Waals surface area contributed by atoms with Gasteiger partial charge in [-0.1, -0.05) is 38.1 Å². The number of carbonyl (C=O) groups is 2. The van der Waals surface area contributed by atoms with Gasteiger partial charge < -0.3 is 14.8 Å². The number of carbonyl (C=O) groups excluding carboxylic acids is 2. The second-order valence-electron chi connectivity index (χ2n) is 8.05. The molecule has 174 valence electrons. The summed E-state index contributed by atoms with van der Waals surface area (Å²) in [4.78, 5) is 25.4. The number of halogens is 1. The maximum Gasteiger partial charge on any atom is 0.341 e. The number of nitrogens with one attached hydrogen (secondary N) is 1. The van der Waals surface area contributed by atoms with Gasteiger partial charge in [0.2, 0.25) is 0 Å². The van der Waals surface area contributed by atoms with Gasteiger partial charge >= 0.3 is 5.97 Å². The van der Waals surface area contributed by atoms with E-state index in [2.05, 4.69) is 35.1 Å². The maximum absolute atomic E-state index is 12.8. The average molecular weight is 530 g/mol. The Bertz CT molecular complexity index is 1170. The highest BCUT2D eigenvalue weighted by Gasteiger charge is 2.23. The molecule has 1 N–H and O–H groups in total. The molecule has 0 fully saturated rings. The van der Waals surface area contributed by atoms with Crippen LogP contribution >= 0.6 is 27.3 Å². The van der Waals surface area contributed by atoms with E-state index in [0.29, 0.717) is 22.2 Å². The van der Waals surface area contributed by atoms with Gasteiger partial charge in [-0.25, -0.2) is 4.79 Å². The van der Waals surface area contributed by atoms with Crippen LogP contribution in [-0.4, -0.2) is 25.1 Å². The van der Waals surface area contributed by atoms with Gasteiger partial charge in [0.25, 0.3) is 5.91 Å². The zero-order valence-corrected chi connectivity index (χ0v) is 21.9. The van der Waals surface area contributed by atoms with Crippen molar-refractivity contribution in [3.63, 3.8) is 0 Å². The second kappa shape index (κ2) is 11.0. The molecular formula is C26H28BrNO4S. The molecule has 0 aliphatic heterocycles. The normalized spacial score (nSPS) is 10.9. The monoisotopic (exact) mass is 529 g/mol. The summed E-state index contributed by atoms with van der Waals surface area (Å²) in [7, 11) is 0. The third-order valence-corrected chi connectivity index (χ3v) is 6.84. The van der Waals surface area contributed by atoms with Crippen LogP contribution < -0.4 is 10.1 Å². The molecule has 0 bridgehead atoms. The molecule has 0 atom stereocenters. The van der Waals surface area contributed by atoms with E-state index in [-0.39, 0.29) is 19.1 Å². The first kappa shape index (κ1) is 25.0. The summed E-state index contributed by atoms with van der Waals surface area (Å²) >= 11 is 4.80. The Labute approximate surface area is 207 Å². The Morgan fingerprint density at radius 3 is 2.48 bits per heavy atom. The van der Waals surface area contributed by atoms with Gasteiger partial charge in [0.15, 0.2) is 6.61 Å². The van der Waals surface area contributed by atoms with Crippen molar-refractivity contribution >= 4 is 44.1 Å². The van der Waals surface area contributed by atoms with Crippen molar-refractivity contribution in [1.82, 2.24) is 0 Å². The number of aryl methyl sites for hydroxylation is 2. The highest BCUT2D eigenvalue weighted by Crippen LogP contribution is 2.37. The Kier molecular flexibility index (Phi) is 8.32. The van der Waals surface area contributed by atoms with Gasteiger partial charge in [0, 0.05) is 10.9 Å². The first-order valence-electron chi connectivity index (χ1n) is 10.8. The Morgan fingerprint density at radius 1 is 1.09 bits per heavy atom. The molecule has 0 aliphatic rings. The van der Waals surface area contributed by atoms with Crippen LogP contribution in [0.15, 0.2) is 46.3 Å². The van der Waals surface area contributed by atoms with Crippen molar-refractivity contribution in [3.8, 4) is 16.9 Å². The van der Waals surface area contributed by atoms with Gasteiger partial charge in [-0.05, 0) is 77.0 Å². The van der Waals surface area contributed by atoms with Crippen LogP contribution in [-0.2, 0) is 9.53 Å². The van der Waals surface area contributed by atoms with Crippen LogP contribution in [0.5, 0.6) is 5.75 Å². The van der Waals surface area contributed by atoms with Crippen LogP contribution in [0.2, 0.25) is 0 Å². The summed E-state index contributed by atoms with van der Waals surface area (Å²) < 4.78 is 11.8. The van der Waals surface area contributed by atoms with Crippen molar-refractivity contribution < 1.29 is 19.1 Å². The van der Waals surface area contributed by atoms with Crippen molar-refractivity contribution in [3.05, 3.63) is 68.5 Å². The van der Waals surface area contributed by atoms with Crippen molar-refractivity contribution in [2.45, 2.75) is 40.5 Å². The van der Waals surface area contributed by atoms with Gasteiger partial charge in [0.1, 0.15) is 16.3 Å². The number of rotatable bonds is 8. The predicted molar refractivity (Wildman–Crippen MR) is 138 cm³/mol. The van der Waals surface area contributed by atoms with E-state index in [1.807, 2.05) is 55.6 Å². The molecule has 1 heterocycles. The van der Waals surface area contributed by atoms with Crippen LogP contribution in [0.4, 0.5) is 5.00 Å². The minimum absolute atomic E-state index is 0.182. The summed E-state index contributed by atoms with van der Waals surface area (Å²) in [6.45, 7) is 10.1. The quantitative estimate of drug-likeness (QED) is 0.315. The Morgan fingerprint density at radius 2 is 1.85 bits per heavy atom. The number of esters is 1. The van der Waals surface area contributed by atoms with Gasteiger partial charge in [-0.15, -0.1) is 11.3 Å². The first-order chi connectivity index (χ1) is 15.7. The number of anilines is 1. The number of thiophene rings is 1. The van der Waals surface area contributed by atoms with Crippen LogP contribution in [0.1, 0.15) is 53.7 Å². The average Bonchev–Trinajstić information content (AvgIpc) is 3.18. The first-order valence-corrected chi connectivity index (χ1v) is 12.5. The highest BCUT2D eigenvalue weighted by molar-refractivity contribution is 9.10. The zero-order chi connectivity index (χ0) is 24.1. The fraction of sp³-hybridized carbons (Fsp3) is 0.308. The standard InChI is InChI=1S/C26H28BrNO4S/c1-6-31-26(30)24-20(19-8-7-16(4)17(5)11-19)14-33-25(24)28-23(29)13-32-22-10-9-18(15(2)3)12-21(22)27/h7-12,14-15H,6,13H2,1-5H3,(H,28,29). The van der Waals surface area contributed by atoms with E-state index in [0.717, 1.165) is 21.2 Å². The van der Waals surface area contributed by atoms with E-state index in [9.17, 15) is 9.59 Å². The molecular weight excluding hydrogens is 502 g/mol. The number of ether oxygens (including phenoxy) is 2. The lowest BCUT2D eigenvalue weighted by Gasteiger charge is -2.12. The molecule has 2 aromatic carbocycles. The zero-order valence-electron chi connectivity index (χ0n) is 19.5. The van der Waals surface area contributed by atoms with Crippen molar-refractivity contribution in [1.29, 1.82) is 0 Å². The third kappa shape index (κ3) is 6.03. The predicted octanol–water partition coefficient (Wildman–Crippen LogP) is 7.11. The fourth-order valence-electron chi connectivity index (χ4n) is 3.28. The van der Waals surface area contributed by atoms with E-state index >= 15 is 0 Å². The molecule has 3 rings (SSSR count). The highest BCUT2D eigenvalue weighted by atomic mass is 79.9. The SMILES string of the molecule is CCOC(=O)c1c(-c2ccc(C)c(C)c2)csc1NC(=O)COc1ccc(C(C)C)cc1Br. The second-order valence-corrected chi connectivity index (χ2v) is 9.79. The number of benzene rings is 2. The lowest BCUT2D eigenvalue weighted by atomic mass is 9.99. The molecule has 0 saturated heterocycles. The molecule has 3 aromatic rings. The van der Waals surface area contributed by atoms with Crippen LogP contribution in [0.25, 0.3) is 11.1 Å². The molecule has 0 saturated carbocycles. The third-order valence-electron chi connectivity index (χ3n) is 5.32. The summed E-state index contributed by atoms with van der Waals surface area (Å²) in [6.07, 6.45) is 0. The molecule has 0 aliphatic carbocycles. The number of hydrogen-bond acceptors (Lipinski definition) is 5. The number of amides is 1. The van der Waals surface area contributed by atoms with E-state index in [1.54, 1.807) is 6.92 Å². The Balaban J connectivity index is 1.80. The minimum atomic E-state index is -0.463. The largest absolute Gasteiger partial charge is 0.483 e. The van der Waals surface area contributed by atoms with Gasteiger partial charge in [-0.2, -0.15) is 0 Å². The lowest BCUT2D eigenvalue weighted by molar-refractivity contribution is -0.118. The molecule has 1 amide bonds. The topological polar surface area (TPSA) is 64.6 Å². The molecule has 33 heavy (non-hydrogen) atoms. The minimum Gasteiger partial charge on any atom is -0.483 e. The fourth-order valence-corrected chi connectivity index (χ4v) is 4.76. The van der Waals surface area contributed by atoms with Gasteiger partial charge in [-0.3, -0.25) is 4.79 Å². The van der Waals surface area contributed by atoms with Crippen LogP contribution in [0.3, 0.4) is 0 Å². The van der Waals surface area contributed by atoms with Crippen LogP contribution in [0, 0.1) is 13.8 Å². The van der Waals surface area contributed by atoms with Crippen molar-refractivity contribution in [2.75, 3.05) is 18.5 Å². The van der Waals surface area contributed by atoms with E-state index in [1.165, 1.54) is 22.5 Å². The summed E-state index contributed by atoms with van der Waals surface area (Å²) in [6, 6.07) is 11.8. The summed E-state index contributed by atoms with van der Waals surface area (Å²) in [5, 5.41) is 5.14. The van der Waals surface area contributed by atoms with E-state index < -0.39 is 5.97 Å². The smallest absolute Gasteiger partial charge is 0.341 e. The molecule has 0 radical (unpaired) electrons. The lowest BCUT2D eigenvalue weighted by Crippen LogP contribution is -2.21. The van der Waals surface area contributed by atoms with E-state index in [4.69, 9.17) is 9.47 Å². The summed E-state index contributed by atoms with van der Waals surface area (Å²) in [5.74, 6) is 0.163. The molecule has 7 heteroatoms. The molecule has 1 aromatic heterocycles. The Hall–Kier alpha value is -2.64. The van der Waals surface area contributed by atoms with Gasteiger partial charge in [0.05, 0.1) is 11.1 Å². The summed E-state index contributed by atoms with van der Waals surface area (Å²) in [5.41, 5.74) is 5.48. The maximum atomic E-state index is 12.8.